The fraction of sp³-hybridized carbons (Fsp3) is 0.471. The first-order valence-electron chi connectivity index (χ1n) is 8.25. The molecule has 0 unspecified atom stereocenters. The molecule has 1 aliphatic heterocycles. The van der Waals surface area contributed by atoms with Crippen LogP contribution in [-0.4, -0.2) is 41.8 Å². The zero-order valence-electron chi connectivity index (χ0n) is 14.6. The molecule has 1 saturated heterocycles. The average molecular weight is 376 g/mol. The summed E-state index contributed by atoms with van der Waals surface area (Å²) < 4.78 is 36.8. The van der Waals surface area contributed by atoms with Crippen LogP contribution in [0.15, 0.2) is 28.8 Å². The summed E-state index contributed by atoms with van der Waals surface area (Å²) in [5.74, 6) is 0.962. The lowest BCUT2D eigenvalue weighted by atomic mass is 10.1. The Morgan fingerprint density at radius 3 is 2.77 bits per heavy atom. The highest BCUT2D eigenvalue weighted by Crippen LogP contribution is 2.32. The van der Waals surface area contributed by atoms with Gasteiger partial charge in [-0.3, -0.25) is 0 Å². The van der Waals surface area contributed by atoms with E-state index in [1.54, 1.807) is 31.2 Å². The molecule has 0 N–H and O–H groups in total. The lowest BCUT2D eigenvalue weighted by Gasteiger charge is -2.23. The van der Waals surface area contributed by atoms with Gasteiger partial charge in [0.05, 0.1) is 24.0 Å². The van der Waals surface area contributed by atoms with Crippen molar-refractivity contribution in [3.63, 3.8) is 0 Å². The number of nitrogens with zero attached hydrogens (tertiary/aromatic N) is 4. The first-order valence-corrected chi connectivity index (χ1v) is 10.1. The number of sulfonamides is 1. The normalized spacial score (nSPS) is 20.4. The third-order valence-corrected chi connectivity index (χ3v) is 5.50. The van der Waals surface area contributed by atoms with Crippen LogP contribution in [0.5, 0.6) is 0 Å². The molecule has 0 bridgehead atoms. The van der Waals surface area contributed by atoms with E-state index in [1.807, 2.05) is 0 Å². The summed E-state index contributed by atoms with van der Waals surface area (Å²) in [6.07, 6.45) is 1.97. The number of nitriles is 1. The summed E-state index contributed by atoms with van der Waals surface area (Å²) in [5, 5.41) is 13.0. The van der Waals surface area contributed by atoms with Gasteiger partial charge in [-0.15, -0.1) is 0 Å². The molecule has 1 aromatic heterocycles. The quantitative estimate of drug-likeness (QED) is 0.757. The highest BCUT2D eigenvalue weighted by molar-refractivity contribution is 7.88. The van der Waals surface area contributed by atoms with Crippen LogP contribution in [0.25, 0.3) is 0 Å². The Hall–Kier alpha value is -2.28. The van der Waals surface area contributed by atoms with E-state index in [9.17, 15) is 13.7 Å². The lowest BCUT2D eigenvalue weighted by molar-refractivity contribution is 0.0172. The molecule has 2 heterocycles. The van der Waals surface area contributed by atoms with E-state index < -0.39 is 10.0 Å². The molecule has 138 valence electrons. The highest BCUT2D eigenvalue weighted by Gasteiger charge is 2.33. The van der Waals surface area contributed by atoms with Gasteiger partial charge in [-0.1, -0.05) is 23.4 Å². The third kappa shape index (κ3) is 4.27. The molecular weight excluding hydrogens is 356 g/mol. The number of hydrogen-bond donors (Lipinski definition) is 0. The molecule has 1 aromatic carbocycles. The van der Waals surface area contributed by atoms with Crippen LogP contribution in [0.1, 0.15) is 41.8 Å². The summed E-state index contributed by atoms with van der Waals surface area (Å²) >= 11 is 0. The molecule has 0 radical (unpaired) electrons. The Bertz CT molecular complexity index is 919. The molecular formula is C17H20N4O4S. The van der Waals surface area contributed by atoms with E-state index >= 15 is 0 Å². The van der Waals surface area contributed by atoms with Crippen LogP contribution >= 0.6 is 0 Å². The maximum atomic E-state index is 12.2. The van der Waals surface area contributed by atoms with Gasteiger partial charge in [0, 0.05) is 13.1 Å². The van der Waals surface area contributed by atoms with Gasteiger partial charge in [0.1, 0.15) is 6.10 Å². The number of ether oxygens (including phenoxy) is 1. The van der Waals surface area contributed by atoms with Crippen LogP contribution in [0.2, 0.25) is 0 Å². The molecule has 0 saturated carbocycles. The Morgan fingerprint density at radius 1 is 1.35 bits per heavy atom. The molecule has 0 amide bonds. The fourth-order valence-corrected chi connectivity index (χ4v) is 3.78. The molecule has 1 fully saturated rings. The second-order valence-electron chi connectivity index (χ2n) is 6.33. The number of aryl methyl sites for hydroxylation is 1. The van der Waals surface area contributed by atoms with Crippen LogP contribution in [0, 0.1) is 18.3 Å². The summed E-state index contributed by atoms with van der Waals surface area (Å²) in [6.45, 7) is 2.08. The topological polar surface area (TPSA) is 109 Å². The maximum Gasteiger partial charge on any atom is 0.255 e. The van der Waals surface area contributed by atoms with Gasteiger partial charge < -0.3 is 9.26 Å². The third-order valence-electron chi connectivity index (χ3n) is 4.29. The van der Waals surface area contributed by atoms with Gasteiger partial charge in [-0.05, 0) is 31.4 Å². The van der Waals surface area contributed by atoms with Crippen LogP contribution in [0.3, 0.4) is 0 Å². The molecule has 0 spiro atoms. The second-order valence-corrected chi connectivity index (χ2v) is 8.31. The van der Waals surface area contributed by atoms with E-state index in [1.165, 1.54) is 4.31 Å². The monoisotopic (exact) mass is 376 g/mol. The molecule has 8 nitrogen and oxygen atoms in total. The summed E-state index contributed by atoms with van der Waals surface area (Å²) in [4.78, 5) is 4.17. The smallest absolute Gasteiger partial charge is 0.255 e. The number of aromatic nitrogens is 2. The number of benzene rings is 1. The van der Waals surface area contributed by atoms with Gasteiger partial charge in [-0.25, -0.2) is 8.42 Å². The SMILES string of the molecule is Cc1noc([C@@H]2CC[C@H](CN(Cc3ccccc3C#N)S(C)(=O)=O)O2)n1. The maximum absolute atomic E-state index is 12.2. The van der Waals surface area contributed by atoms with Crippen molar-refractivity contribution in [2.24, 2.45) is 0 Å². The molecule has 1 aliphatic rings. The zero-order chi connectivity index (χ0) is 18.7. The van der Waals surface area contributed by atoms with E-state index in [2.05, 4.69) is 16.2 Å². The van der Waals surface area contributed by atoms with Crippen molar-refractivity contribution >= 4 is 10.0 Å². The van der Waals surface area contributed by atoms with Crippen molar-refractivity contribution in [2.75, 3.05) is 12.8 Å². The van der Waals surface area contributed by atoms with Gasteiger partial charge in [-0.2, -0.15) is 14.6 Å². The van der Waals surface area contributed by atoms with Crippen molar-refractivity contribution in [1.82, 2.24) is 14.4 Å². The Labute approximate surface area is 152 Å². The predicted octanol–water partition coefficient (Wildman–Crippen LogP) is 1.93. The molecule has 2 aromatic rings. The van der Waals surface area contributed by atoms with E-state index in [-0.39, 0.29) is 25.3 Å². The number of rotatable bonds is 6. The minimum absolute atomic E-state index is 0.132. The first-order chi connectivity index (χ1) is 12.4. The molecule has 3 rings (SSSR count). The molecule has 2 atom stereocenters. The Balaban J connectivity index is 1.71. The fourth-order valence-electron chi connectivity index (χ4n) is 2.97. The van der Waals surface area contributed by atoms with Crippen LogP contribution < -0.4 is 0 Å². The Morgan fingerprint density at radius 2 is 2.12 bits per heavy atom. The molecule has 9 heteroatoms. The van der Waals surface area contributed by atoms with Crippen molar-refractivity contribution < 1.29 is 17.7 Å². The van der Waals surface area contributed by atoms with Crippen molar-refractivity contribution in [3.8, 4) is 6.07 Å². The van der Waals surface area contributed by atoms with E-state index in [4.69, 9.17) is 9.26 Å². The van der Waals surface area contributed by atoms with Gasteiger partial charge >= 0.3 is 0 Å². The summed E-state index contributed by atoms with van der Waals surface area (Å²) in [7, 11) is -3.46. The minimum atomic E-state index is -3.46. The van der Waals surface area contributed by atoms with Gasteiger partial charge in [0.2, 0.25) is 10.0 Å². The summed E-state index contributed by atoms with van der Waals surface area (Å²) in [6, 6.07) is 9.08. The van der Waals surface area contributed by atoms with Gasteiger partial charge in [0.15, 0.2) is 5.82 Å². The van der Waals surface area contributed by atoms with Crippen molar-refractivity contribution in [1.29, 1.82) is 5.26 Å². The molecule has 0 aliphatic carbocycles. The van der Waals surface area contributed by atoms with Crippen molar-refractivity contribution in [3.05, 3.63) is 47.1 Å². The second kappa shape index (κ2) is 7.53. The van der Waals surface area contributed by atoms with E-state index in [0.717, 1.165) is 6.26 Å². The van der Waals surface area contributed by atoms with Gasteiger partial charge in [0.25, 0.3) is 5.89 Å². The molecule has 26 heavy (non-hydrogen) atoms. The van der Waals surface area contributed by atoms with E-state index in [0.29, 0.717) is 35.7 Å². The largest absolute Gasteiger partial charge is 0.364 e. The standard InChI is InChI=1S/C17H20N4O4S/c1-12-19-17(25-20-12)16-8-7-15(24-16)11-21(26(2,22)23)10-14-6-4-3-5-13(14)9-18/h3-6,15-16H,7-8,10-11H2,1-2H3/t15-,16+/m1/s1. The van der Waals surface area contributed by atoms with Crippen LogP contribution in [0.4, 0.5) is 0 Å². The lowest BCUT2D eigenvalue weighted by Crippen LogP contribution is -2.36. The average Bonchev–Trinajstić information content (AvgIpc) is 3.22. The minimum Gasteiger partial charge on any atom is -0.364 e. The first kappa shape index (κ1) is 18.5. The van der Waals surface area contributed by atoms with Crippen LogP contribution in [-0.2, 0) is 21.3 Å². The number of hydrogen-bond acceptors (Lipinski definition) is 7. The zero-order valence-corrected chi connectivity index (χ0v) is 15.4. The predicted molar refractivity (Wildman–Crippen MR) is 92.3 cm³/mol. The summed E-state index contributed by atoms with van der Waals surface area (Å²) in [5.41, 5.74) is 1.13. The van der Waals surface area contributed by atoms with Crippen molar-refractivity contribution in [2.45, 2.75) is 38.5 Å². The Kier molecular flexibility index (Phi) is 5.36. The highest BCUT2D eigenvalue weighted by atomic mass is 32.2.